The van der Waals surface area contributed by atoms with E-state index in [1.54, 1.807) is 0 Å². The molecule has 3 heterocycles. The van der Waals surface area contributed by atoms with Gasteiger partial charge in [0.15, 0.2) is 4.90 Å². The van der Waals surface area contributed by atoms with E-state index in [0.717, 1.165) is 17.4 Å². The van der Waals surface area contributed by atoms with Gasteiger partial charge in [0.05, 0.1) is 29.4 Å². The molecule has 1 aromatic carbocycles. The lowest BCUT2D eigenvalue weighted by Crippen LogP contribution is -2.32. The summed E-state index contributed by atoms with van der Waals surface area (Å²) in [5.74, 6) is 0.885. The molecule has 30 heavy (non-hydrogen) atoms. The van der Waals surface area contributed by atoms with E-state index in [1.807, 2.05) is 21.6 Å². The molecule has 0 saturated heterocycles. The number of benzene rings is 1. The van der Waals surface area contributed by atoms with Crippen molar-refractivity contribution in [2.45, 2.75) is 30.2 Å². The summed E-state index contributed by atoms with van der Waals surface area (Å²) in [5.41, 5.74) is 2.80. The third-order valence-corrected chi connectivity index (χ3v) is 6.37. The monoisotopic (exact) mass is 429 g/mol. The molecule has 0 radical (unpaired) electrons. The van der Waals surface area contributed by atoms with E-state index in [-0.39, 0.29) is 5.75 Å². The molecule has 3 aromatic rings. The lowest BCUT2D eigenvalue weighted by Gasteiger charge is -2.30. The molecule has 2 aliphatic rings. The molecule has 5 rings (SSSR count). The standard InChI is InChI=1S/C19H19N5O5S/c20-30(27,28)18-8-17-15(7-16(18)24(25)26)22(5-6-29-17)10-14-11-23-9-13(12-1-2-12)3-4-19(23)21-14/h3-4,7-9,11-12H,1-2,5-6,10H2,(H2,20,27,28). The third kappa shape index (κ3) is 3.35. The molecule has 1 aliphatic heterocycles. The highest BCUT2D eigenvalue weighted by Crippen LogP contribution is 2.41. The van der Waals surface area contributed by atoms with Gasteiger partial charge in [-0.05, 0) is 30.4 Å². The highest BCUT2D eigenvalue weighted by Gasteiger charge is 2.30. The van der Waals surface area contributed by atoms with Crippen molar-refractivity contribution in [1.82, 2.24) is 9.38 Å². The summed E-state index contributed by atoms with van der Waals surface area (Å²) in [5, 5.41) is 16.6. The molecule has 0 spiro atoms. The van der Waals surface area contributed by atoms with E-state index in [1.165, 1.54) is 24.5 Å². The van der Waals surface area contributed by atoms with Crippen molar-refractivity contribution in [3.8, 4) is 5.75 Å². The van der Waals surface area contributed by atoms with Crippen LogP contribution in [0.15, 0.2) is 41.6 Å². The van der Waals surface area contributed by atoms with Crippen LogP contribution in [0.2, 0.25) is 0 Å². The number of sulfonamides is 1. The third-order valence-electron chi connectivity index (χ3n) is 5.43. The summed E-state index contributed by atoms with van der Waals surface area (Å²) in [6, 6.07) is 6.43. The van der Waals surface area contributed by atoms with Gasteiger partial charge in [0, 0.05) is 24.5 Å². The normalized spacial score (nSPS) is 16.4. The Hall–Kier alpha value is -3.18. The fourth-order valence-electron chi connectivity index (χ4n) is 3.81. The second-order valence-electron chi connectivity index (χ2n) is 7.59. The maximum Gasteiger partial charge on any atom is 0.291 e. The van der Waals surface area contributed by atoms with Crippen LogP contribution in [0.4, 0.5) is 11.4 Å². The fourth-order valence-corrected chi connectivity index (χ4v) is 4.51. The van der Waals surface area contributed by atoms with Crippen molar-refractivity contribution in [1.29, 1.82) is 0 Å². The Bertz CT molecular complexity index is 1280. The van der Waals surface area contributed by atoms with Gasteiger partial charge < -0.3 is 14.0 Å². The number of primary sulfonamides is 1. The Labute approximate surface area is 172 Å². The first-order valence-corrected chi connectivity index (χ1v) is 11.0. The van der Waals surface area contributed by atoms with Crippen molar-refractivity contribution in [3.05, 3.63) is 58.0 Å². The molecule has 0 bridgehead atoms. The molecule has 1 saturated carbocycles. The topological polar surface area (TPSA) is 133 Å². The number of rotatable bonds is 5. The molecule has 0 amide bonds. The van der Waals surface area contributed by atoms with Crippen molar-refractivity contribution in [2.75, 3.05) is 18.1 Å². The Kier molecular flexibility index (Phi) is 4.19. The molecule has 11 heteroatoms. The molecule has 2 N–H and O–H groups in total. The first-order chi connectivity index (χ1) is 14.3. The van der Waals surface area contributed by atoms with E-state index in [2.05, 4.69) is 17.2 Å². The lowest BCUT2D eigenvalue weighted by atomic mass is 10.2. The Morgan fingerprint density at radius 3 is 2.77 bits per heavy atom. The van der Waals surface area contributed by atoms with Gasteiger partial charge in [0.25, 0.3) is 5.69 Å². The Morgan fingerprint density at radius 1 is 1.27 bits per heavy atom. The molecule has 0 atom stereocenters. The SMILES string of the molecule is NS(=O)(=O)c1cc2c(cc1[N+](=O)[O-])N(Cc1cn3cc(C4CC4)ccc3n1)CCO2. The summed E-state index contributed by atoms with van der Waals surface area (Å²) in [4.78, 5) is 16.7. The van der Waals surface area contributed by atoms with Gasteiger partial charge in [-0.2, -0.15) is 0 Å². The van der Waals surface area contributed by atoms with Crippen LogP contribution >= 0.6 is 0 Å². The zero-order valence-corrected chi connectivity index (χ0v) is 16.7. The number of nitro groups is 1. The summed E-state index contributed by atoms with van der Waals surface area (Å²) in [6.07, 6.45) is 6.48. The molecule has 156 valence electrons. The van der Waals surface area contributed by atoms with Gasteiger partial charge in [-0.1, -0.05) is 6.07 Å². The number of nitro benzene ring substituents is 1. The van der Waals surface area contributed by atoms with Crippen LogP contribution in [-0.4, -0.2) is 35.9 Å². The molecule has 1 fully saturated rings. The molecule has 10 nitrogen and oxygen atoms in total. The fraction of sp³-hybridized carbons (Fsp3) is 0.316. The predicted octanol–water partition coefficient (Wildman–Crippen LogP) is 2.17. The van der Waals surface area contributed by atoms with Gasteiger partial charge in [-0.3, -0.25) is 10.1 Å². The second kappa shape index (κ2) is 6.67. The molecule has 2 aromatic heterocycles. The number of hydrogen-bond donors (Lipinski definition) is 1. The van der Waals surface area contributed by atoms with Gasteiger partial charge in [-0.25, -0.2) is 18.5 Å². The van der Waals surface area contributed by atoms with Crippen molar-refractivity contribution >= 4 is 27.0 Å². The van der Waals surface area contributed by atoms with Crippen LogP contribution in [0.5, 0.6) is 5.75 Å². The van der Waals surface area contributed by atoms with Crippen LogP contribution < -0.4 is 14.8 Å². The minimum absolute atomic E-state index is 0.246. The number of fused-ring (bicyclic) bond motifs is 2. The molecular formula is C19H19N5O5S. The highest BCUT2D eigenvalue weighted by atomic mass is 32.2. The maximum atomic E-state index is 11.8. The number of ether oxygens (including phenoxy) is 1. The van der Waals surface area contributed by atoms with E-state index in [9.17, 15) is 18.5 Å². The van der Waals surface area contributed by atoms with E-state index < -0.39 is 25.5 Å². The van der Waals surface area contributed by atoms with Crippen LogP contribution in [0.3, 0.4) is 0 Å². The average molecular weight is 429 g/mol. The first kappa shape index (κ1) is 18.8. The van der Waals surface area contributed by atoms with E-state index >= 15 is 0 Å². The number of nitrogens with two attached hydrogens (primary N) is 1. The van der Waals surface area contributed by atoms with Crippen LogP contribution in [-0.2, 0) is 16.6 Å². The summed E-state index contributed by atoms with van der Waals surface area (Å²) in [6.45, 7) is 1.21. The second-order valence-corrected chi connectivity index (χ2v) is 9.12. The average Bonchev–Trinajstić information content (AvgIpc) is 3.46. The van der Waals surface area contributed by atoms with Crippen molar-refractivity contribution < 1.29 is 18.1 Å². The lowest BCUT2D eigenvalue weighted by molar-refractivity contribution is -0.387. The molecule has 1 aliphatic carbocycles. The van der Waals surface area contributed by atoms with Crippen molar-refractivity contribution in [2.24, 2.45) is 5.14 Å². The quantitative estimate of drug-likeness (QED) is 0.485. The van der Waals surface area contributed by atoms with Gasteiger partial charge >= 0.3 is 0 Å². The zero-order valence-electron chi connectivity index (χ0n) is 15.9. The number of imidazole rings is 1. The Balaban J connectivity index is 1.50. The number of nitrogens with zero attached hydrogens (tertiary/aromatic N) is 4. The van der Waals surface area contributed by atoms with Gasteiger partial charge in [-0.15, -0.1) is 0 Å². The molecule has 0 unspecified atom stereocenters. The van der Waals surface area contributed by atoms with E-state index in [4.69, 9.17) is 9.88 Å². The minimum Gasteiger partial charge on any atom is -0.490 e. The van der Waals surface area contributed by atoms with Crippen molar-refractivity contribution in [3.63, 3.8) is 0 Å². The summed E-state index contributed by atoms with van der Waals surface area (Å²) >= 11 is 0. The first-order valence-electron chi connectivity index (χ1n) is 9.50. The maximum absolute atomic E-state index is 11.8. The largest absolute Gasteiger partial charge is 0.490 e. The highest BCUT2D eigenvalue weighted by molar-refractivity contribution is 7.89. The smallest absolute Gasteiger partial charge is 0.291 e. The molecular weight excluding hydrogens is 410 g/mol. The van der Waals surface area contributed by atoms with Crippen LogP contribution in [0.25, 0.3) is 5.65 Å². The zero-order chi connectivity index (χ0) is 21.0. The van der Waals surface area contributed by atoms with Gasteiger partial charge in [0.2, 0.25) is 10.0 Å². The number of anilines is 1. The van der Waals surface area contributed by atoms with Gasteiger partial charge in [0.1, 0.15) is 18.0 Å². The predicted molar refractivity (Wildman–Crippen MR) is 108 cm³/mol. The number of aromatic nitrogens is 2. The summed E-state index contributed by atoms with van der Waals surface area (Å²) in [7, 11) is -4.27. The number of pyridine rings is 1. The van der Waals surface area contributed by atoms with E-state index in [0.29, 0.717) is 31.3 Å². The number of hydrogen-bond acceptors (Lipinski definition) is 7. The summed E-state index contributed by atoms with van der Waals surface area (Å²) < 4.78 is 31.1. The van der Waals surface area contributed by atoms with Crippen LogP contribution in [0, 0.1) is 10.1 Å². The van der Waals surface area contributed by atoms with Crippen LogP contribution in [0.1, 0.15) is 30.0 Å². The Morgan fingerprint density at radius 2 is 2.07 bits per heavy atom. The minimum atomic E-state index is -4.27.